The van der Waals surface area contributed by atoms with Gasteiger partial charge in [0.2, 0.25) is 0 Å². The lowest BCUT2D eigenvalue weighted by atomic mass is 9.91. The van der Waals surface area contributed by atoms with Gasteiger partial charge < -0.3 is 5.11 Å². The minimum absolute atomic E-state index is 0.172. The number of fused-ring (bicyclic) bond motifs is 1. The molecule has 17 heavy (non-hydrogen) atoms. The molecule has 0 heterocycles. The zero-order valence-corrected chi connectivity index (χ0v) is 10.3. The molecule has 1 aromatic rings. The Kier molecular flexibility index (Phi) is 4.05. The highest BCUT2D eigenvalue weighted by Crippen LogP contribution is 2.40. The second-order valence-electron chi connectivity index (χ2n) is 4.24. The van der Waals surface area contributed by atoms with E-state index in [2.05, 4.69) is 0 Å². The number of aryl methyl sites for hydroxylation is 1. The van der Waals surface area contributed by atoms with Gasteiger partial charge in [-0.3, -0.25) is 4.79 Å². The van der Waals surface area contributed by atoms with Crippen LogP contribution in [-0.4, -0.2) is 16.8 Å². The molecular formula is C13H15FO2S. The fraction of sp³-hybridized carbons (Fsp3) is 0.462. The third-order valence-corrected chi connectivity index (χ3v) is 4.33. The van der Waals surface area contributed by atoms with Crippen molar-refractivity contribution in [3.63, 3.8) is 0 Å². The molecule has 0 aromatic heterocycles. The fourth-order valence-corrected chi connectivity index (χ4v) is 3.50. The van der Waals surface area contributed by atoms with Crippen molar-refractivity contribution in [2.24, 2.45) is 0 Å². The molecule has 0 saturated heterocycles. The molecule has 1 aliphatic rings. The van der Waals surface area contributed by atoms with Crippen molar-refractivity contribution in [3.8, 4) is 0 Å². The predicted molar refractivity (Wildman–Crippen MR) is 66.8 cm³/mol. The van der Waals surface area contributed by atoms with Gasteiger partial charge in [0.25, 0.3) is 0 Å². The first-order chi connectivity index (χ1) is 8.16. The molecule has 0 amide bonds. The zero-order chi connectivity index (χ0) is 12.3. The summed E-state index contributed by atoms with van der Waals surface area (Å²) in [6, 6.07) is 4.96. The van der Waals surface area contributed by atoms with E-state index >= 15 is 0 Å². The lowest BCUT2D eigenvalue weighted by Crippen LogP contribution is -2.09. The molecule has 0 spiro atoms. The van der Waals surface area contributed by atoms with Crippen LogP contribution in [0.1, 0.15) is 35.6 Å². The topological polar surface area (TPSA) is 37.3 Å². The van der Waals surface area contributed by atoms with Crippen molar-refractivity contribution in [2.45, 2.75) is 30.9 Å². The van der Waals surface area contributed by atoms with E-state index in [1.54, 1.807) is 17.8 Å². The average Bonchev–Trinajstić information content (AvgIpc) is 2.29. The summed E-state index contributed by atoms with van der Waals surface area (Å²) in [4.78, 5) is 10.5. The van der Waals surface area contributed by atoms with Gasteiger partial charge in [-0.05, 0) is 42.5 Å². The molecule has 0 fully saturated rings. The van der Waals surface area contributed by atoms with Crippen LogP contribution >= 0.6 is 11.8 Å². The molecule has 0 radical (unpaired) electrons. The van der Waals surface area contributed by atoms with Crippen LogP contribution in [0.25, 0.3) is 0 Å². The number of hydrogen-bond acceptors (Lipinski definition) is 2. The summed E-state index contributed by atoms with van der Waals surface area (Å²) in [5.74, 6) is -0.377. The summed E-state index contributed by atoms with van der Waals surface area (Å²) in [5.41, 5.74) is 2.28. The van der Waals surface area contributed by atoms with Crippen molar-refractivity contribution < 1.29 is 14.3 Å². The fourth-order valence-electron chi connectivity index (χ4n) is 2.19. The van der Waals surface area contributed by atoms with E-state index in [1.165, 1.54) is 11.6 Å². The van der Waals surface area contributed by atoms with E-state index in [0.29, 0.717) is 5.75 Å². The quantitative estimate of drug-likeness (QED) is 0.894. The summed E-state index contributed by atoms with van der Waals surface area (Å²) < 4.78 is 13.2. The van der Waals surface area contributed by atoms with Crippen molar-refractivity contribution in [2.75, 3.05) is 5.75 Å². The van der Waals surface area contributed by atoms with E-state index in [4.69, 9.17) is 5.11 Å². The average molecular weight is 254 g/mol. The number of hydrogen-bond donors (Lipinski definition) is 1. The molecule has 2 rings (SSSR count). The van der Waals surface area contributed by atoms with Gasteiger partial charge in [0.1, 0.15) is 5.82 Å². The number of carboxylic acids is 1. The molecule has 1 aromatic carbocycles. The second kappa shape index (κ2) is 5.54. The van der Waals surface area contributed by atoms with E-state index in [1.807, 2.05) is 6.07 Å². The van der Waals surface area contributed by atoms with E-state index in [-0.39, 0.29) is 17.5 Å². The van der Waals surface area contributed by atoms with Gasteiger partial charge in [-0.15, -0.1) is 0 Å². The molecular weight excluding hydrogens is 239 g/mol. The van der Waals surface area contributed by atoms with Gasteiger partial charge in [0.05, 0.1) is 6.42 Å². The van der Waals surface area contributed by atoms with Crippen molar-refractivity contribution in [1.29, 1.82) is 0 Å². The molecule has 2 nitrogen and oxygen atoms in total. The number of benzene rings is 1. The molecule has 1 atom stereocenters. The maximum Gasteiger partial charge on any atom is 0.304 e. The lowest BCUT2D eigenvalue weighted by Gasteiger charge is -2.24. The maximum atomic E-state index is 13.2. The molecule has 1 unspecified atom stereocenters. The lowest BCUT2D eigenvalue weighted by molar-refractivity contribution is -0.136. The Balaban J connectivity index is 2.05. The van der Waals surface area contributed by atoms with Gasteiger partial charge in [0.15, 0.2) is 0 Å². The molecule has 0 saturated carbocycles. The number of thioether (sulfide) groups is 1. The van der Waals surface area contributed by atoms with Crippen LogP contribution in [0.4, 0.5) is 4.39 Å². The molecule has 92 valence electrons. The van der Waals surface area contributed by atoms with Crippen LogP contribution in [0.3, 0.4) is 0 Å². The van der Waals surface area contributed by atoms with Crippen LogP contribution in [0.5, 0.6) is 0 Å². The van der Waals surface area contributed by atoms with Crippen LogP contribution < -0.4 is 0 Å². The predicted octanol–water partition coefficient (Wildman–Crippen LogP) is 3.41. The van der Waals surface area contributed by atoms with E-state index < -0.39 is 5.97 Å². The normalized spacial score (nSPS) is 18.8. The van der Waals surface area contributed by atoms with Gasteiger partial charge in [-0.2, -0.15) is 11.8 Å². The largest absolute Gasteiger partial charge is 0.481 e. The minimum Gasteiger partial charge on any atom is -0.481 e. The third-order valence-electron chi connectivity index (χ3n) is 3.00. The summed E-state index contributed by atoms with van der Waals surface area (Å²) in [5, 5.41) is 8.87. The van der Waals surface area contributed by atoms with E-state index in [0.717, 1.165) is 24.8 Å². The summed E-state index contributed by atoms with van der Waals surface area (Å²) in [7, 11) is 0. The highest BCUT2D eigenvalue weighted by atomic mass is 32.2. The monoisotopic (exact) mass is 254 g/mol. The SMILES string of the molecule is O=C(O)CCSC1CCCc2ccc(F)cc21. The smallest absolute Gasteiger partial charge is 0.304 e. The molecule has 0 aliphatic heterocycles. The Morgan fingerprint density at radius 2 is 2.35 bits per heavy atom. The Morgan fingerprint density at radius 3 is 3.12 bits per heavy atom. The first-order valence-electron chi connectivity index (χ1n) is 5.78. The molecule has 1 aliphatic carbocycles. The van der Waals surface area contributed by atoms with Gasteiger partial charge in [-0.25, -0.2) is 4.39 Å². The number of halogens is 1. The van der Waals surface area contributed by atoms with Gasteiger partial charge in [0, 0.05) is 11.0 Å². The molecule has 4 heteroatoms. The van der Waals surface area contributed by atoms with Crippen LogP contribution in [-0.2, 0) is 11.2 Å². The zero-order valence-electron chi connectivity index (χ0n) is 9.49. The molecule has 0 bridgehead atoms. The minimum atomic E-state index is -0.771. The Bertz CT molecular complexity index is 420. The summed E-state index contributed by atoms with van der Waals surface area (Å²) in [6.45, 7) is 0. The maximum absolute atomic E-state index is 13.2. The standard InChI is InChI=1S/C13H15FO2S/c14-10-5-4-9-2-1-3-12(11(9)8-10)17-7-6-13(15)16/h4-5,8,12H,1-3,6-7H2,(H,15,16). The first-order valence-corrected chi connectivity index (χ1v) is 6.83. The van der Waals surface area contributed by atoms with Crippen LogP contribution in [0, 0.1) is 5.82 Å². The second-order valence-corrected chi connectivity index (χ2v) is 5.55. The highest BCUT2D eigenvalue weighted by molar-refractivity contribution is 7.99. The molecule has 1 N–H and O–H groups in total. The van der Waals surface area contributed by atoms with Crippen LogP contribution in [0.15, 0.2) is 18.2 Å². The number of carboxylic acid groups (broad SMARTS) is 1. The Labute approximate surface area is 104 Å². The van der Waals surface area contributed by atoms with Crippen molar-refractivity contribution in [3.05, 3.63) is 35.1 Å². The Morgan fingerprint density at radius 1 is 1.53 bits per heavy atom. The summed E-state index contributed by atoms with van der Waals surface area (Å²) in [6.07, 6.45) is 3.29. The van der Waals surface area contributed by atoms with Crippen molar-refractivity contribution in [1.82, 2.24) is 0 Å². The Hall–Kier alpha value is -1.03. The number of rotatable bonds is 4. The van der Waals surface area contributed by atoms with Gasteiger partial charge in [-0.1, -0.05) is 6.07 Å². The number of aliphatic carboxylic acids is 1. The highest BCUT2D eigenvalue weighted by Gasteiger charge is 2.21. The van der Waals surface area contributed by atoms with E-state index in [9.17, 15) is 9.18 Å². The first kappa shape index (κ1) is 12.4. The summed E-state index contributed by atoms with van der Waals surface area (Å²) >= 11 is 1.63. The van der Waals surface area contributed by atoms with Crippen molar-refractivity contribution >= 4 is 17.7 Å². The van der Waals surface area contributed by atoms with Gasteiger partial charge >= 0.3 is 5.97 Å². The number of carbonyl (C=O) groups is 1. The third kappa shape index (κ3) is 3.22. The van der Waals surface area contributed by atoms with Crippen LogP contribution in [0.2, 0.25) is 0 Å².